The smallest absolute Gasteiger partial charge is 0.337 e. The maximum atomic E-state index is 12.6. The lowest BCUT2D eigenvalue weighted by Crippen LogP contribution is -2.13. The third-order valence-corrected chi connectivity index (χ3v) is 4.27. The van der Waals surface area contributed by atoms with E-state index in [4.69, 9.17) is 9.47 Å². The van der Waals surface area contributed by atoms with Crippen LogP contribution in [0.15, 0.2) is 54.6 Å². The molecule has 2 aromatic rings. The molecule has 0 aliphatic rings. The van der Waals surface area contributed by atoms with Crippen LogP contribution in [0.3, 0.4) is 0 Å². The summed E-state index contributed by atoms with van der Waals surface area (Å²) >= 11 is 0. The normalized spacial score (nSPS) is 10.6. The first kappa shape index (κ1) is 23.2. The fraction of sp³-hybridized carbons (Fsp3) is 0.208. The number of benzene rings is 2. The quantitative estimate of drug-likeness (QED) is 0.283. The average molecular weight is 420 g/mol. The number of carbonyl (C=O) groups excluding carboxylic acids is 2. The fourth-order valence-corrected chi connectivity index (χ4v) is 2.85. The van der Waals surface area contributed by atoms with E-state index in [1.54, 1.807) is 24.3 Å². The van der Waals surface area contributed by atoms with E-state index < -0.39 is 11.9 Å². The van der Waals surface area contributed by atoms with Gasteiger partial charge < -0.3 is 19.5 Å². The Bertz CT molecular complexity index is 1030. The van der Waals surface area contributed by atoms with Crippen LogP contribution in [-0.2, 0) is 16.0 Å². The van der Waals surface area contributed by atoms with E-state index in [9.17, 15) is 14.9 Å². The molecule has 0 heterocycles. The lowest BCUT2D eigenvalue weighted by atomic mass is 10.0. The van der Waals surface area contributed by atoms with Crippen molar-refractivity contribution in [3.05, 3.63) is 71.3 Å². The molecule has 0 spiro atoms. The highest BCUT2D eigenvalue weighted by molar-refractivity contribution is 6.09. The van der Waals surface area contributed by atoms with Gasteiger partial charge in [-0.2, -0.15) is 5.26 Å². The average Bonchev–Trinajstić information content (AvgIpc) is 2.78. The third kappa shape index (κ3) is 5.97. The van der Waals surface area contributed by atoms with E-state index in [0.717, 1.165) is 5.56 Å². The number of nitriles is 1. The fourth-order valence-electron chi connectivity index (χ4n) is 2.85. The Morgan fingerprint density at radius 3 is 2.45 bits per heavy atom. The zero-order chi connectivity index (χ0) is 22.8. The molecule has 0 aliphatic heterocycles. The SMILES string of the molecule is C=CCc1cc(/C=C(\C#N)C(=O)Nc2ccc(C(=O)OC)cc2)cc(OC)c1OCC. The summed E-state index contributed by atoms with van der Waals surface area (Å²) in [6.45, 7) is 6.10. The summed E-state index contributed by atoms with van der Waals surface area (Å²) in [6, 6.07) is 11.6. The number of amides is 1. The number of rotatable bonds is 9. The Morgan fingerprint density at radius 2 is 1.90 bits per heavy atom. The van der Waals surface area contributed by atoms with Crippen molar-refractivity contribution in [3.8, 4) is 17.6 Å². The number of methoxy groups -OCH3 is 2. The van der Waals surface area contributed by atoms with Gasteiger partial charge in [0.2, 0.25) is 0 Å². The third-order valence-electron chi connectivity index (χ3n) is 4.27. The van der Waals surface area contributed by atoms with Crippen molar-refractivity contribution >= 4 is 23.6 Å². The molecule has 0 saturated heterocycles. The van der Waals surface area contributed by atoms with Gasteiger partial charge in [0.15, 0.2) is 11.5 Å². The number of esters is 1. The van der Waals surface area contributed by atoms with Crippen LogP contribution < -0.4 is 14.8 Å². The number of hydrogen-bond acceptors (Lipinski definition) is 6. The number of hydrogen-bond donors (Lipinski definition) is 1. The molecule has 2 rings (SSSR count). The van der Waals surface area contributed by atoms with Crippen LogP contribution >= 0.6 is 0 Å². The molecule has 0 aliphatic carbocycles. The molecule has 7 heteroatoms. The molecule has 1 N–H and O–H groups in total. The molecular formula is C24H24N2O5. The van der Waals surface area contributed by atoms with Gasteiger partial charge in [-0.1, -0.05) is 6.08 Å². The van der Waals surface area contributed by atoms with Crippen molar-refractivity contribution in [2.24, 2.45) is 0 Å². The number of nitrogens with zero attached hydrogens (tertiary/aromatic N) is 1. The highest BCUT2D eigenvalue weighted by Crippen LogP contribution is 2.34. The Morgan fingerprint density at radius 1 is 1.19 bits per heavy atom. The van der Waals surface area contributed by atoms with Crippen LogP contribution in [0.25, 0.3) is 6.08 Å². The molecule has 0 atom stereocenters. The maximum absolute atomic E-state index is 12.6. The van der Waals surface area contributed by atoms with E-state index in [1.165, 1.54) is 32.4 Å². The largest absolute Gasteiger partial charge is 0.493 e. The number of allylic oxidation sites excluding steroid dienone is 1. The van der Waals surface area contributed by atoms with Crippen molar-refractivity contribution in [1.82, 2.24) is 0 Å². The molecule has 0 unspecified atom stereocenters. The van der Waals surface area contributed by atoms with Crippen molar-refractivity contribution < 1.29 is 23.8 Å². The van der Waals surface area contributed by atoms with E-state index in [-0.39, 0.29) is 5.57 Å². The van der Waals surface area contributed by atoms with Crippen LogP contribution in [0, 0.1) is 11.3 Å². The second kappa shape index (κ2) is 11.2. The first-order valence-corrected chi connectivity index (χ1v) is 9.53. The summed E-state index contributed by atoms with van der Waals surface area (Å²) in [4.78, 5) is 24.1. The summed E-state index contributed by atoms with van der Waals surface area (Å²) in [5.41, 5.74) is 2.15. The molecule has 0 bridgehead atoms. The lowest BCUT2D eigenvalue weighted by molar-refractivity contribution is -0.112. The van der Waals surface area contributed by atoms with E-state index >= 15 is 0 Å². The molecule has 1 amide bonds. The molecule has 31 heavy (non-hydrogen) atoms. The van der Waals surface area contributed by atoms with Crippen molar-refractivity contribution in [2.45, 2.75) is 13.3 Å². The predicted octanol–water partition coefficient (Wildman–Crippen LogP) is 4.15. The van der Waals surface area contributed by atoms with Gasteiger partial charge in [-0.3, -0.25) is 4.79 Å². The second-order valence-electron chi connectivity index (χ2n) is 6.33. The summed E-state index contributed by atoms with van der Waals surface area (Å²) in [5, 5.41) is 12.2. The van der Waals surface area contributed by atoms with E-state index in [0.29, 0.717) is 41.3 Å². The van der Waals surface area contributed by atoms with Crippen LogP contribution in [0.5, 0.6) is 11.5 Å². The van der Waals surface area contributed by atoms with Gasteiger partial charge in [0.05, 0.1) is 26.4 Å². The number of carbonyl (C=O) groups is 2. The first-order chi connectivity index (χ1) is 15.0. The Balaban J connectivity index is 2.32. The minimum atomic E-state index is -0.577. The van der Waals surface area contributed by atoms with Crippen molar-refractivity contribution in [1.29, 1.82) is 5.26 Å². The molecule has 7 nitrogen and oxygen atoms in total. The van der Waals surface area contributed by atoms with E-state index in [1.807, 2.05) is 19.1 Å². The van der Waals surface area contributed by atoms with E-state index in [2.05, 4.69) is 16.6 Å². The molecule has 0 saturated carbocycles. The van der Waals surface area contributed by atoms with Gasteiger partial charge in [0.1, 0.15) is 11.6 Å². The Kier molecular flexibility index (Phi) is 8.41. The first-order valence-electron chi connectivity index (χ1n) is 9.53. The van der Waals surface area contributed by atoms with Crippen LogP contribution in [0.2, 0.25) is 0 Å². The summed E-state index contributed by atoms with van der Waals surface area (Å²) in [5.74, 6) is 0.0564. The van der Waals surface area contributed by atoms with Gasteiger partial charge in [0, 0.05) is 11.3 Å². The summed E-state index contributed by atoms with van der Waals surface area (Å²) in [7, 11) is 2.82. The van der Waals surface area contributed by atoms with Gasteiger partial charge in [-0.05, 0) is 61.4 Å². The standard InChI is InChI=1S/C24H24N2O5/c1-5-7-18-12-16(14-21(29-3)22(18)31-6-2)13-19(15-25)23(27)26-20-10-8-17(9-11-20)24(28)30-4/h5,8-14H,1,6-7H2,2-4H3,(H,26,27)/b19-13+. The van der Waals surface area contributed by atoms with Gasteiger partial charge in [-0.15, -0.1) is 6.58 Å². The summed E-state index contributed by atoms with van der Waals surface area (Å²) in [6.07, 6.45) is 3.75. The monoisotopic (exact) mass is 420 g/mol. The maximum Gasteiger partial charge on any atom is 0.337 e. The number of nitrogens with one attached hydrogen (secondary N) is 1. The van der Waals surface area contributed by atoms with Gasteiger partial charge in [-0.25, -0.2) is 4.79 Å². The number of ether oxygens (including phenoxy) is 3. The molecular weight excluding hydrogens is 396 g/mol. The Hall–Kier alpha value is -4.05. The topological polar surface area (TPSA) is 97.7 Å². The number of anilines is 1. The molecule has 0 radical (unpaired) electrons. The van der Waals surface area contributed by atoms with Crippen LogP contribution in [-0.4, -0.2) is 32.7 Å². The summed E-state index contributed by atoms with van der Waals surface area (Å²) < 4.78 is 15.8. The lowest BCUT2D eigenvalue weighted by Gasteiger charge is -2.15. The van der Waals surface area contributed by atoms with Crippen molar-refractivity contribution in [2.75, 3.05) is 26.1 Å². The molecule has 2 aromatic carbocycles. The van der Waals surface area contributed by atoms with Crippen molar-refractivity contribution in [3.63, 3.8) is 0 Å². The zero-order valence-corrected chi connectivity index (χ0v) is 17.7. The molecule has 0 fully saturated rings. The predicted molar refractivity (Wildman–Crippen MR) is 118 cm³/mol. The minimum Gasteiger partial charge on any atom is -0.493 e. The van der Waals surface area contributed by atoms with Crippen LogP contribution in [0.4, 0.5) is 5.69 Å². The van der Waals surface area contributed by atoms with Gasteiger partial charge >= 0.3 is 5.97 Å². The second-order valence-corrected chi connectivity index (χ2v) is 6.33. The minimum absolute atomic E-state index is 0.0900. The molecule has 160 valence electrons. The highest BCUT2D eigenvalue weighted by Gasteiger charge is 2.15. The van der Waals surface area contributed by atoms with Gasteiger partial charge in [0.25, 0.3) is 5.91 Å². The van der Waals surface area contributed by atoms with Crippen LogP contribution in [0.1, 0.15) is 28.4 Å². The Labute approximate surface area is 181 Å². The zero-order valence-electron chi connectivity index (χ0n) is 17.7. The highest BCUT2D eigenvalue weighted by atomic mass is 16.5. The molecule has 0 aromatic heterocycles.